The Balaban J connectivity index is 1.56. The molecule has 20 heavy (non-hydrogen) atoms. The molecule has 3 nitrogen and oxygen atoms in total. The zero-order chi connectivity index (χ0) is 13.5. The number of aromatic amines is 1. The second-order valence-electron chi connectivity index (χ2n) is 6.21. The highest BCUT2D eigenvalue weighted by molar-refractivity contribution is 5.82. The normalized spacial score (nSPS) is 23.2. The number of likely N-dealkylation sites (tertiary alicyclic amines) is 1. The maximum Gasteiger partial charge on any atom is 0.225 e. The van der Waals surface area contributed by atoms with Gasteiger partial charge in [-0.25, -0.2) is 0 Å². The minimum atomic E-state index is 0.344. The summed E-state index contributed by atoms with van der Waals surface area (Å²) in [7, 11) is 0. The van der Waals surface area contributed by atoms with Crippen molar-refractivity contribution in [2.45, 2.75) is 31.6 Å². The number of rotatable bonds is 2. The highest BCUT2D eigenvalue weighted by Crippen LogP contribution is 2.34. The number of carbonyl (C=O) groups excluding carboxylic acids is 1. The van der Waals surface area contributed by atoms with Crippen LogP contribution >= 0.6 is 0 Å². The van der Waals surface area contributed by atoms with Crippen LogP contribution in [0.4, 0.5) is 0 Å². The molecule has 1 unspecified atom stereocenters. The van der Waals surface area contributed by atoms with Crippen molar-refractivity contribution in [3.8, 4) is 0 Å². The molecule has 4 rings (SSSR count). The number of aromatic nitrogens is 1. The van der Waals surface area contributed by atoms with Crippen LogP contribution < -0.4 is 0 Å². The van der Waals surface area contributed by atoms with Crippen LogP contribution in [0.2, 0.25) is 0 Å². The molecule has 1 aliphatic carbocycles. The lowest BCUT2D eigenvalue weighted by Crippen LogP contribution is -2.40. The van der Waals surface area contributed by atoms with Crippen LogP contribution in [0.1, 0.15) is 37.3 Å². The summed E-state index contributed by atoms with van der Waals surface area (Å²) in [6.45, 7) is 1.84. The van der Waals surface area contributed by atoms with Crippen molar-refractivity contribution in [1.82, 2.24) is 9.88 Å². The van der Waals surface area contributed by atoms with Crippen LogP contribution in [0.25, 0.3) is 10.9 Å². The number of para-hydroxylation sites is 1. The van der Waals surface area contributed by atoms with Crippen LogP contribution in [-0.4, -0.2) is 28.9 Å². The van der Waals surface area contributed by atoms with Crippen molar-refractivity contribution in [3.05, 3.63) is 36.0 Å². The Kier molecular flexibility index (Phi) is 2.79. The Morgan fingerprint density at radius 3 is 2.85 bits per heavy atom. The van der Waals surface area contributed by atoms with E-state index in [1.807, 2.05) is 0 Å². The minimum absolute atomic E-state index is 0.344. The summed E-state index contributed by atoms with van der Waals surface area (Å²) in [6, 6.07) is 10.7. The first-order valence-corrected chi connectivity index (χ1v) is 7.68. The molecule has 0 bridgehead atoms. The second kappa shape index (κ2) is 4.65. The molecule has 1 amide bonds. The van der Waals surface area contributed by atoms with E-state index >= 15 is 0 Å². The smallest absolute Gasteiger partial charge is 0.225 e. The molecule has 1 aromatic carbocycles. The number of benzene rings is 1. The van der Waals surface area contributed by atoms with Crippen molar-refractivity contribution >= 4 is 16.8 Å². The van der Waals surface area contributed by atoms with E-state index in [0.717, 1.165) is 32.4 Å². The van der Waals surface area contributed by atoms with Crippen molar-refractivity contribution in [3.63, 3.8) is 0 Å². The number of amides is 1. The predicted molar refractivity (Wildman–Crippen MR) is 79.6 cm³/mol. The Morgan fingerprint density at radius 1 is 1.20 bits per heavy atom. The van der Waals surface area contributed by atoms with Crippen molar-refractivity contribution < 1.29 is 4.79 Å². The average Bonchev–Trinajstić information content (AvgIpc) is 3.25. The summed E-state index contributed by atoms with van der Waals surface area (Å²) in [6.07, 6.45) is 4.51. The van der Waals surface area contributed by atoms with Crippen molar-refractivity contribution in [1.29, 1.82) is 0 Å². The first-order chi connectivity index (χ1) is 9.81. The van der Waals surface area contributed by atoms with Gasteiger partial charge in [0.1, 0.15) is 0 Å². The number of fused-ring (bicyclic) bond motifs is 1. The monoisotopic (exact) mass is 268 g/mol. The van der Waals surface area contributed by atoms with Gasteiger partial charge in [0.2, 0.25) is 5.91 Å². The van der Waals surface area contributed by atoms with E-state index in [-0.39, 0.29) is 0 Å². The van der Waals surface area contributed by atoms with Gasteiger partial charge in [-0.2, -0.15) is 0 Å². The first kappa shape index (κ1) is 12.0. The SMILES string of the molecule is O=C(C1CC1)N1CCCC(c2cc3ccccc3[nH]2)C1. The minimum Gasteiger partial charge on any atom is -0.358 e. The van der Waals surface area contributed by atoms with Crippen LogP contribution in [0, 0.1) is 5.92 Å². The van der Waals surface area contributed by atoms with E-state index in [0.29, 0.717) is 17.7 Å². The Hall–Kier alpha value is -1.77. The molecule has 1 aromatic heterocycles. The molecule has 2 fully saturated rings. The van der Waals surface area contributed by atoms with Crippen molar-refractivity contribution in [2.75, 3.05) is 13.1 Å². The van der Waals surface area contributed by atoms with Gasteiger partial charge in [-0.15, -0.1) is 0 Å². The lowest BCUT2D eigenvalue weighted by atomic mass is 9.94. The highest BCUT2D eigenvalue weighted by atomic mass is 16.2. The molecule has 1 saturated heterocycles. The molecule has 0 radical (unpaired) electrons. The van der Waals surface area contributed by atoms with Gasteiger partial charge in [0, 0.05) is 36.1 Å². The van der Waals surface area contributed by atoms with Gasteiger partial charge in [-0.3, -0.25) is 4.79 Å². The summed E-state index contributed by atoms with van der Waals surface area (Å²) in [4.78, 5) is 17.9. The van der Waals surface area contributed by atoms with Gasteiger partial charge in [-0.1, -0.05) is 18.2 Å². The second-order valence-corrected chi connectivity index (χ2v) is 6.21. The van der Waals surface area contributed by atoms with Crippen LogP contribution in [0.5, 0.6) is 0 Å². The predicted octanol–water partition coefficient (Wildman–Crippen LogP) is 3.28. The average molecular weight is 268 g/mol. The molecule has 3 heteroatoms. The fraction of sp³-hybridized carbons (Fsp3) is 0.471. The Bertz CT molecular complexity index is 608. The number of nitrogens with zero attached hydrogens (tertiary/aromatic N) is 1. The van der Waals surface area contributed by atoms with E-state index in [2.05, 4.69) is 40.2 Å². The molecule has 0 spiro atoms. The molecular formula is C17H20N2O. The Labute approximate surface area is 119 Å². The Morgan fingerprint density at radius 2 is 2.05 bits per heavy atom. The summed E-state index contributed by atoms with van der Waals surface area (Å²) >= 11 is 0. The fourth-order valence-corrected chi connectivity index (χ4v) is 3.34. The maximum atomic E-state index is 12.2. The number of hydrogen-bond acceptors (Lipinski definition) is 1. The summed E-state index contributed by atoms with van der Waals surface area (Å²) in [5.41, 5.74) is 2.49. The molecule has 1 atom stereocenters. The summed E-state index contributed by atoms with van der Waals surface area (Å²) in [5.74, 6) is 1.21. The van der Waals surface area contributed by atoms with E-state index in [1.165, 1.54) is 23.0 Å². The van der Waals surface area contributed by atoms with Gasteiger partial charge < -0.3 is 9.88 Å². The topological polar surface area (TPSA) is 36.1 Å². The molecule has 2 aliphatic rings. The summed E-state index contributed by atoms with van der Waals surface area (Å²) < 4.78 is 0. The maximum absolute atomic E-state index is 12.2. The molecule has 2 heterocycles. The standard InChI is InChI=1S/C17H20N2O/c20-17(12-7-8-12)19-9-3-5-14(11-19)16-10-13-4-1-2-6-15(13)18-16/h1-2,4,6,10,12,14,18H,3,5,7-9,11H2. The van der Waals surface area contributed by atoms with E-state index in [1.54, 1.807) is 0 Å². The number of carbonyl (C=O) groups is 1. The van der Waals surface area contributed by atoms with Crippen LogP contribution in [-0.2, 0) is 4.79 Å². The number of nitrogens with one attached hydrogen (secondary N) is 1. The molecule has 1 saturated carbocycles. The molecule has 1 N–H and O–H groups in total. The van der Waals surface area contributed by atoms with Gasteiger partial charge in [-0.05, 0) is 43.2 Å². The third-order valence-electron chi connectivity index (χ3n) is 4.65. The third kappa shape index (κ3) is 2.11. The quantitative estimate of drug-likeness (QED) is 0.891. The number of hydrogen-bond donors (Lipinski definition) is 1. The van der Waals surface area contributed by atoms with Crippen LogP contribution in [0.15, 0.2) is 30.3 Å². The fourth-order valence-electron chi connectivity index (χ4n) is 3.34. The highest BCUT2D eigenvalue weighted by Gasteiger charge is 2.35. The zero-order valence-electron chi connectivity index (χ0n) is 11.6. The van der Waals surface area contributed by atoms with Crippen LogP contribution in [0.3, 0.4) is 0 Å². The van der Waals surface area contributed by atoms with Crippen molar-refractivity contribution in [2.24, 2.45) is 5.92 Å². The van der Waals surface area contributed by atoms with Gasteiger partial charge in [0.25, 0.3) is 0 Å². The van der Waals surface area contributed by atoms with Gasteiger partial charge >= 0.3 is 0 Å². The largest absolute Gasteiger partial charge is 0.358 e. The molecule has 2 aromatic rings. The summed E-state index contributed by atoms with van der Waals surface area (Å²) in [5, 5.41) is 1.27. The first-order valence-electron chi connectivity index (χ1n) is 7.68. The molecule has 1 aliphatic heterocycles. The van der Waals surface area contributed by atoms with E-state index in [4.69, 9.17) is 0 Å². The molecular weight excluding hydrogens is 248 g/mol. The molecule has 104 valence electrons. The van der Waals surface area contributed by atoms with Gasteiger partial charge in [0.15, 0.2) is 0 Å². The van der Waals surface area contributed by atoms with E-state index in [9.17, 15) is 4.79 Å². The third-order valence-corrected chi connectivity index (χ3v) is 4.65. The number of piperidine rings is 1. The zero-order valence-corrected chi connectivity index (χ0v) is 11.6. The van der Waals surface area contributed by atoms with E-state index < -0.39 is 0 Å². The lowest BCUT2D eigenvalue weighted by molar-refractivity contribution is -0.133. The lowest BCUT2D eigenvalue weighted by Gasteiger charge is -2.32. The number of H-pyrrole nitrogens is 1. The van der Waals surface area contributed by atoms with Gasteiger partial charge in [0.05, 0.1) is 0 Å².